The third kappa shape index (κ3) is 5.09. The van der Waals surface area contributed by atoms with Crippen molar-refractivity contribution in [2.45, 2.75) is 37.9 Å². The lowest BCUT2D eigenvalue weighted by Crippen LogP contribution is -2.52. The number of H-pyrrole nitrogens is 1. The van der Waals surface area contributed by atoms with Crippen LogP contribution < -0.4 is 10.6 Å². The number of hydrogen-bond donors (Lipinski definition) is 3. The Morgan fingerprint density at radius 3 is 2.64 bits per heavy atom. The van der Waals surface area contributed by atoms with Gasteiger partial charge in [0.05, 0.1) is 17.8 Å². The van der Waals surface area contributed by atoms with E-state index in [1.165, 1.54) is 11.3 Å². The van der Waals surface area contributed by atoms with Crippen LogP contribution in [0, 0.1) is 0 Å². The molecular formula is C23H25Cl2N5O2S. The first-order chi connectivity index (χ1) is 15.5. The highest BCUT2D eigenvalue weighted by Gasteiger charge is 2.29. The molecule has 2 atom stereocenters. The maximum Gasteiger partial charge on any atom is 0.280 e. The summed E-state index contributed by atoms with van der Waals surface area (Å²) >= 11 is 7.52. The number of nitrogens with zero attached hydrogens (tertiary/aromatic N) is 2. The summed E-state index contributed by atoms with van der Waals surface area (Å²) in [7, 11) is 2.08. The molecule has 1 aromatic carbocycles. The normalized spacial score (nSPS) is 20.2. The number of aromatic amines is 1. The number of fused-ring (bicyclic) bond motifs is 2. The fourth-order valence-corrected chi connectivity index (χ4v) is 5.53. The number of benzene rings is 1. The molecule has 7 nitrogen and oxygen atoms in total. The molecule has 0 spiro atoms. The van der Waals surface area contributed by atoms with Crippen molar-refractivity contribution in [2.24, 2.45) is 0 Å². The molecule has 3 aromatic rings. The number of carbonyl (C=O) groups is 2. The summed E-state index contributed by atoms with van der Waals surface area (Å²) in [5.74, 6) is -0.378. The lowest BCUT2D eigenvalue weighted by atomic mass is 9.95. The number of likely N-dealkylation sites (N-methyl/N-ethyl adjacent to an activating group) is 1. The van der Waals surface area contributed by atoms with E-state index in [2.05, 4.69) is 32.5 Å². The second-order valence-corrected chi connectivity index (χ2v) is 9.91. The van der Waals surface area contributed by atoms with E-state index >= 15 is 0 Å². The van der Waals surface area contributed by atoms with Crippen molar-refractivity contribution in [3.63, 3.8) is 0 Å². The van der Waals surface area contributed by atoms with Gasteiger partial charge in [-0.25, -0.2) is 4.98 Å². The maximum absolute atomic E-state index is 12.9. The van der Waals surface area contributed by atoms with Gasteiger partial charge in [0.15, 0.2) is 5.01 Å². The zero-order valence-corrected chi connectivity index (χ0v) is 20.4. The summed E-state index contributed by atoms with van der Waals surface area (Å²) < 4.78 is 0. The SMILES string of the molecule is CN1CCc2nc(C(=O)N[C@H]3CC=CC[C@H]3NC(=O)c3cc4cc(Cl)ccc4[nH]3)sc2C1.Cl. The Labute approximate surface area is 207 Å². The van der Waals surface area contributed by atoms with E-state index in [-0.39, 0.29) is 36.3 Å². The monoisotopic (exact) mass is 505 g/mol. The molecule has 0 radical (unpaired) electrons. The molecule has 3 N–H and O–H groups in total. The van der Waals surface area contributed by atoms with Crippen molar-refractivity contribution in [3.05, 3.63) is 62.7 Å². The van der Waals surface area contributed by atoms with Crippen LogP contribution in [0.3, 0.4) is 0 Å². The van der Waals surface area contributed by atoms with Crippen molar-refractivity contribution in [2.75, 3.05) is 13.6 Å². The number of amides is 2. The van der Waals surface area contributed by atoms with Gasteiger partial charge in [0.25, 0.3) is 11.8 Å². The Morgan fingerprint density at radius 1 is 1.15 bits per heavy atom. The van der Waals surface area contributed by atoms with Crippen LogP contribution in [0.5, 0.6) is 0 Å². The van der Waals surface area contributed by atoms with E-state index in [1.54, 1.807) is 12.1 Å². The third-order valence-corrected chi connectivity index (χ3v) is 7.33. The van der Waals surface area contributed by atoms with Gasteiger partial charge in [-0.15, -0.1) is 23.7 Å². The number of halogens is 2. The zero-order valence-electron chi connectivity index (χ0n) is 18.1. The molecule has 10 heteroatoms. The minimum atomic E-state index is -0.204. The lowest BCUT2D eigenvalue weighted by molar-refractivity contribution is 0.0878. The van der Waals surface area contributed by atoms with Crippen molar-refractivity contribution < 1.29 is 9.59 Å². The number of rotatable bonds is 4. The minimum absolute atomic E-state index is 0. The highest BCUT2D eigenvalue weighted by Crippen LogP contribution is 2.25. The summed E-state index contributed by atoms with van der Waals surface area (Å²) in [6.07, 6.45) is 6.27. The summed E-state index contributed by atoms with van der Waals surface area (Å²) in [4.78, 5) is 36.9. The van der Waals surface area contributed by atoms with Crippen molar-refractivity contribution in [3.8, 4) is 0 Å². The molecule has 2 aliphatic rings. The van der Waals surface area contributed by atoms with E-state index in [1.807, 2.05) is 24.3 Å². The Bertz CT molecular complexity index is 1220. The number of aromatic nitrogens is 2. The standard InChI is InChI=1S/C23H24ClN5O2S.ClH/c1-29-9-8-18-20(12-29)32-23(28-18)22(31)27-17-5-3-2-4-16(17)26-21(30)19-11-13-10-14(24)6-7-15(13)25-19;/h2-3,6-7,10-11,16-17,25H,4-5,8-9,12H2,1H3,(H,26,30)(H,27,31);1H/t16-,17+;/m1./s1. The van der Waals surface area contributed by atoms with E-state index in [4.69, 9.17) is 11.6 Å². The van der Waals surface area contributed by atoms with Gasteiger partial charge < -0.3 is 20.5 Å². The fourth-order valence-electron chi connectivity index (χ4n) is 4.26. The van der Waals surface area contributed by atoms with Gasteiger partial charge in [-0.05, 0) is 44.2 Å². The third-order valence-electron chi connectivity index (χ3n) is 6.01. The largest absolute Gasteiger partial charge is 0.351 e. The molecule has 1 aliphatic carbocycles. The van der Waals surface area contributed by atoms with Gasteiger partial charge >= 0.3 is 0 Å². The first kappa shape index (κ1) is 23.8. The summed E-state index contributed by atoms with van der Waals surface area (Å²) in [5.41, 5.74) is 2.36. The smallest absolute Gasteiger partial charge is 0.280 e. The Kier molecular flexibility index (Phi) is 7.09. The number of thiazole rings is 1. The van der Waals surface area contributed by atoms with Crippen molar-refractivity contribution in [1.29, 1.82) is 0 Å². The second-order valence-electron chi connectivity index (χ2n) is 8.39. The van der Waals surface area contributed by atoms with Crippen LogP contribution in [0.2, 0.25) is 5.02 Å². The highest BCUT2D eigenvalue weighted by atomic mass is 35.5. The molecule has 2 amide bonds. The molecule has 33 heavy (non-hydrogen) atoms. The Balaban J connectivity index is 0.00000259. The number of hydrogen-bond acceptors (Lipinski definition) is 5. The van der Waals surface area contributed by atoms with Crippen LogP contribution in [0.25, 0.3) is 10.9 Å². The maximum atomic E-state index is 12.9. The molecule has 2 aromatic heterocycles. The topological polar surface area (TPSA) is 90.1 Å². The first-order valence-electron chi connectivity index (χ1n) is 10.7. The van der Waals surface area contributed by atoms with Crippen LogP contribution >= 0.6 is 35.3 Å². The van der Waals surface area contributed by atoms with Gasteiger partial charge in [0.1, 0.15) is 5.69 Å². The van der Waals surface area contributed by atoms with Crippen LogP contribution in [-0.4, -0.2) is 52.4 Å². The second kappa shape index (κ2) is 9.85. The van der Waals surface area contributed by atoms with Gasteiger partial charge in [-0.2, -0.15) is 0 Å². The average Bonchev–Trinajstić information content (AvgIpc) is 3.38. The molecule has 0 fully saturated rings. The molecule has 0 unspecified atom stereocenters. The molecule has 0 saturated heterocycles. The van der Waals surface area contributed by atoms with Crippen LogP contribution in [0.15, 0.2) is 36.4 Å². The van der Waals surface area contributed by atoms with Gasteiger partial charge in [0, 0.05) is 40.3 Å². The lowest BCUT2D eigenvalue weighted by Gasteiger charge is -2.29. The molecule has 5 rings (SSSR count). The first-order valence-corrected chi connectivity index (χ1v) is 11.9. The van der Waals surface area contributed by atoms with E-state index < -0.39 is 0 Å². The molecule has 174 valence electrons. The predicted molar refractivity (Wildman–Crippen MR) is 134 cm³/mol. The minimum Gasteiger partial charge on any atom is -0.351 e. The Morgan fingerprint density at radius 2 is 1.88 bits per heavy atom. The molecule has 0 saturated carbocycles. The highest BCUT2D eigenvalue weighted by molar-refractivity contribution is 7.13. The summed E-state index contributed by atoms with van der Waals surface area (Å²) in [6, 6.07) is 6.85. The van der Waals surface area contributed by atoms with E-state index in [9.17, 15) is 9.59 Å². The van der Waals surface area contributed by atoms with Crippen molar-refractivity contribution >= 4 is 58.1 Å². The van der Waals surface area contributed by atoms with Crippen LogP contribution in [-0.2, 0) is 13.0 Å². The Hall–Kier alpha value is -2.39. The van der Waals surface area contributed by atoms with Crippen LogP contribution in [0.1, 0.15) is 43.7 Å². The van der Waals surface area contributed by atoms with Gasteiger partial charge in [0.2, 0.25) is 0 Å². The van der Waals surface area contributed by atoms with Gasteiger partial charge in [-0.1, -0.05) is 23.8 Å². The number of nitrogens with one attached hydrogen (secondary N) is 3. The predicted octanol–water partition coefficient (Wildman–Crippen LogP) is 3.93. The molecule has 3 heterocycles. The fraction of sp³-hybridized carbons (Fsp3) is 0.348. The van der Waals surface area contributed by atoms with E-state index in [0.717, 1.165) is 41.0 Å². The molecule has 0 bridgehead atoms. The molecular weight excluding hydrogens is 481 g/mol. The van der Waals surface area contributed by atoms with Crippen LogP contribution in [0.4, 0.5) is 0 Å². The number of carbonyl (C=O) groups excluding carboxylic acids is 2. The average molecular weight is 506 g/mol. The zero-order chi connectivity index (χ0) is 22.2. The summed E-state index contributed by atoms with van der Waals surface area (Å²) in [6.45, 7) is 1.79. The summed E-state index contributed by atoms with van der Waals surface area (Å²) in [5, 5.41) is 8.18. The quantitative estimate of drug-likeness (QED) is 0.468. The molecule has 1 aliphatic heterocycles. The van der Waals surface area contributed by atoms with Gasteiger partial charge in [-0.3, -0.25) is 9.59 Å². The van der Waals surface area contributed by atoms with E-state index in [0.29, 0.717) is 28.6 Å². The van der Waals surface area contributed by atoms with Crippen molar-refractivity contribution in [1.82, 2.24) is 25.5 Å².